The van der Waals surface area contributed by atoms with Crippen molar-refractivity contribution in [2.75, 3.05) is 19.7 Å². The van der Waals surface area contributed by atoms with Gasteiger partial charge in [0.25, 0.3) is 0 Å². The molecular weight excluding hydrogens is 317 g/mol. The fraction of sp³-hybridized carbons (Fsp3) is 0.381. The van der Waals surface area contributed by atoms with E-state index in [9.17, 15) is 9.18 Å². The molecule has 2 aromatic rings. The molecular formula is C21H24FNO2. The molecule has 132 valence electrons. The third kappa shape index (κ3) is 5.13. The summed E-state index contributed by atoms with van der Waals surface area (Å²) in [6.45, 7) is 2.00. The van der Waals surface area contributed by atoms with E-state index in [4.69, 9.17) is 4.74 Å². The number of nitrogens with zero attached hydrogens (tertiary/aromatic N) is 1. The standard InChI is InChI=1S/C21H24FNO2/c22-20-11-9-18(10-12-20)19-8-4-5-13-23(14-19)21(24)16-25-15-17-6-2-1-3-7-17/h1-3,6-7,9-12,19H,4-5,8,13-16H2. The molecule has 0 aromatic heterocycles. The van der Waals surface area contributed by atoms with Gasteiger partial charge in [-0.2, -0.15) is 0 Å². The third-order valence-electron chi connectivity index (χ3n) is 4.70. The quantitative estimate of drug-likeness (QED) is 0.818. The Labute approximate surface area is 148 Å². The topological polar surface area (TPSA) is 29.5 Å². The number of halogens is 1. The summed E-state index contributed by atoms with van der Waals surface area (Å²) in [5.41, 5.74) is 2.17. The maximum Gasteiger partial charge on any atom is 0.248 e. The summed E-state index contributed by atoms with van der Waals surface area (Å²) in [6, 6.07) is 16.5. The second-order valence-electron chi connectivity index (χ2n) is 6.56. The Hall–Kier alpha value is -2.20. The van der Waals surface area contributed by atoms with Crippen LogP contribution in [0.15, 0.2) is 54.6 Å². The molecule has 0 spiro atoms. The van der Waals surface area contributed by atoms with Gasteiger partial charge in [0.1, 0.15) is 12.4 Å². The second kappa shape index (κ2) is 8.77. The van der Waals surface area contributed by atoms with Crippen LogP contribution in [0.25, 0.3) is 0 Å². The average Bonchev–Trinajstić information content (AvgIpc) is 2.89. The first-order valence-electron chi connectivity index (χ1n) is 8.87. The highest BCUT2D eigenvalue weighted by Crippen LogP contribution is 2.26. The Morgan fingerprint density at radius 1 is 1.08 bits per heavy atom. The van der Waals surface area contributed by atoms with Gasteiger partial charge in [-0.25, -0.2) is 4.39 Å². The van der Waals surface area contributed by atoms with Gasteiger partial charge in [0, 0.05) is 19.0 Å². The number of hydrogen-bond donors (Lipinski definition) is 0. The molecule has 1 heterocycles. The lowest BCUT2D eigenvalue weighted by Gasteiger charge is -2.25. The zero-order valence-electron chi connectivity index (χ0n) is 14.4. The van der Waals surface area contributed by atoms with Gasteiger partial charge in [-0.3, -0.25) is 4.79 Å². The van der Waals surface area contributed by atoms with E-state index in [-0.39, 0.29) is 24.2 Å². The van der Waals surface area contributed by atoms with Crippen LogP contribution >= 0.6 is 0 Å². The first kappa shape index (κ1) is 17.6. The monoisotopic (exact) mass is 341 g/mol. The summed E-state index contributed by atoms with van der Waals surface area (Å²) in [5.74, 6) is 0.0748. The van der Waals surface area contributed by atoms with E-state index in [1.807, 2.05) is 47.4 Å². The molecule has 1 atom stereocenters. The minimum absolute atomic E-state index is 0.0324. The van der Waals surface area contributed by atoms with Crippen molar-refractivity contribution < 1.29 is 13.9 Å². The third-order valence-corrected chi connectivity index (χ3v) is 4.70. The molecule has 25 heavy (non-hydrogen) atoms. The van der Waals surface area contributed by atoms with Crippen LogP contribution < -0.4 is 0 Å². The smallest absolute Gasteiger partial charge is 0.248 e. The fourth-order valence-corrected chi connectivity index (χ4v) is 3.30. The maximum atomic E-state index is 13.1. The van der Waals surface area contributed by atoms with Gasteiger partial charge in [-0.05, 0) is 36.1 Å². The largest absolute Gasteiger partial charge is 0.367 e. The highest BCUT2D eigenvalue weighted by molar-refractivity contribution is 5.77. The van der Waals surface area contributed by atoms with Crippen molar-refractivity contribution in [1.82, 2.24) is 4.90 Å². The summed E-state index contributed by atoms with van der Waals surface area (Å²) in [4.78, 5) is 14.4. The second-order valence-corrected chi connectivity index (χ2v) is 6.56. The van der Waals surface area contributed by atoms with Gasteiger partial charge < -0.3 is 9.64 Å². The fourth-order valence-electron chi connectivity index (χ4n) is 3.30. The van der Waals surface area contributed by atoms with Crippen molar-refractivity contribution in [2.45, 2.75) is 31.8 Å². The number of likely N-dealkylation sites (tertiary alicyclic amines) is 1. The van der Waals surface area contributed by atoms with Crippen molar-refractivity contribution in [3.63, 3.8) is 0 Å². The van der Waals surface area contributed by atoms with Crippen molar-refractivity contribution >= 4 is 5.91 Å². The highest BCUT2D eigenvalue weighted by Gasteiger charge is 2.23. The average molecular weight is 341 g/mol. The number of ether oxygens (including phenoxy) is 1. The van der Waals surface area contributed by atoms with Gasteiger partial charge in [-0.1, -0.05) is 48.9 Å². The normalized spacial score (nSPS) is 18.0. The molecule has 1 amide bonds. The number of carbonyl (C=O) groups is 1. The zero-order chi connectivity index (χ0) is 17.5. The lowest BCUT2D eigenvalue weighted by molar-refractivity contribution is -0.136. The van der Waals surface area contributed by atoms with Crippen molar-refractivity contribution in [2.24, 2.45) is 0 Å². The van der Waals surface area contributed by atoms with Crippen LogP contribution in [0, 0.1) is 5.82 Å². The van der Waals surface area contributed by atoms with E-state index in [2.05, 4.69) is 0 Å². The summed E-state index contributed by atoms with van der Waals surface area (Å²) < 4.78 is 18.7. The van der Waals surface area contributed by atoms with E-state index in [1.165, 1.54) is 12.1 Å². The first-order chi connectivity index (χ1) is 12.2. The lowest BCUT2D eigenvalue weighted by atomic mass is 9.94. The molecule has 1 fully saturated rings. The van der Waals surface area contributed by atoms with Crippen LogP contribution in [0.1, 0.15) is 36.3 Å². The predicted octanol–water partition coefficient (Wildman–Crippen LogP) is 4.14. The van der Waals surface area contributed by atoms with E-state index < -0.39 is 0 Å². The summed E-state index contributed by atoms with van der Waals surface area (Å²) in [7, 11) is 0. The molecule has 3 rings (SSSR count). The van der Waals surface area contributed by atoms with E-state index >= 15 is 0 Å². The zero-order valence-corrected chi connectivity index (χ0v) is 14.4. The number of rotatable bonds is 5. The van der Waals surface area contributed by atoms with Gasteiger partial charge in [-0.15, -0.1) is 0 Å². The minimum Gasteiger partial charge on any atom is -0.367 e. The molecule has 1 aliphatic rings. The molecule has 4 heteroatoms. The van der Waals surface area contributed by atoms with E-state index in [1.54, 1.807) is 0 Å². The Morgan fingerprint density at radius 3 is 2.60 bits per heavy atom. The maximum absolute atomic E-state index is 13.1. The predicted molar refractivity (Wildman–Crippen MR) is 95.7 cm³/mol. The Kier molecular flexibility index (Phi) is 6.18. The van der Waals surface area contributed by atoms with Gasteiger partial charge in [0.15, 0.2) is 0 Å². The van der Waals surface area contributed by atoms with Crippen molar-refractivity contribution in [3.8, 4) is 0 Å². The van der Waals surface area contributed by atoms with Crippen LogP contribution in [0.3, 0.4) is 0 Å². The molecule has 0 aliphatic carbocycles. The lowest BCUT2D eigenvalue weighted by Crippen LogP contribution is -2.36. The molecule has 0 radical (unpaired) electrons. The van der Waals surface area contributed by atoms with Crippen LogP contribution in [0.4, 0.5) is 4.39 Å². The summed E-state index contributed by atoms with van der Waals surface area (Å²) in [6.07, 6.45) is 3.11. The molecule has 0 bridgehead atoms. The molecule has 3 nitrogen and oxygen atoms in total. The van der Waals surface area contributed by atoms with Crippen LogP contribution in [0.2, 0.25) is 0 Å². The number of amides is 1. The van der Waals surface area contributed by atoms with Crippen molar-refractivity contribution in [3.05, 3.63) is 71.5 Å². The Bertz CT molecular complexity index is 672. The minimum atomic E-state index is -0.223. The molecule has 0 N–H and O–H groups in total. The number of benzene rings is 2. The SMILES string of the molecule is O=C(COCc1ccccc1)N1CCCCC(c2ccc(F)cc2)C1. The van der Waals surface area contributed by atoms with Crippen LogP contribution in [-0.2, 0) is 16.1 Å². The Morgan fingerprint density at radius 2 is 1.84 bits per heavy atom. The summed E-state index contributed by atoms with van der Waals surface area (Å²) >= 11 is 0. The van der Waals surface area contributed by atoms with Crippen molar-refractivity contribution in [1.29, 1.82) is 0 Å². The van der Waals surface area contributed by atoms with Gasteiger partial charge in [0.05, 0.1) is 6.61 Å². The van der Waals surface area contributed by atoms with Crippen LogP contribution in [-0.4, -0.2) is 30.5 Å². The van der Waals surface area contributed by atoms with Gasteiger partial charge in [0.2, 0.25) is 5.91 Å². The summed E-state index contributed by atoms with van der Waals surface area (Å²) in [5, 5.41) is 0. The molecule has 1 saturated heterocycles. The molecule has 1 aliphatic heterocycles. The van der Waals surface area contributed by atoms with E-state index in [0.29, 0.717) is 13.2 Å². The Balaban J connectivity index is 1.54. The first-order valence-corrected chi connectivity index (χ1v) is 8.87. The van der Waals surface area contributed by atoms with E-state index in [0.717, 1.165) is 36.9 Å². The molecule has 0 saturated carbocycles. The molecule has 2 aromatic carbocycles. The highest BCUT2D eigenvalue weighted by atomic mass is 19.1. The van der Waals surface area contributed by atoms with Gasteiger partial charge >= 0.3 is 0 Å². The van der Waals surface area contributed by atoms with Crippen LogP contribution in [0.5, 0.6) is 0 Å². The number of carbonyl (C=O) groups excluding carboxylic acids is 1. The molecule has 1 unspecified atom stereocenters. The number of hydrogen-bond acceptors (Lipinski definition) is 2.